The van der Waals surface area contributed by atoms with Crippen molar-refractivity contribution in [2.24, 2.45) is 0 Å². The van der Waals surface area contributed by atoms with E-state index in [4.69, 9.17) is 17.0 Å². The summed E-state index contributed by atoms with van der Waals surface area (Å²) < 4.78 is 5.19. The number of benzene rings is 3. The van der Waals surface area contributed by atoms with E-state index in [1.807, 2.05) is 48.5 Å². The van der Waals surface area contributed by atoms with E-state index in [1.165, 1.54) is 0 Å². The Morgan fingerprint density at radius 2 is 1.70 bits per heavy atom. The SMILES string of the molecule is COc1cccc(NC(=S)Nc2cccc3c(O)cccc23)c1. The zero-order chi connectivity index (χ0) is 16.2. The monoisotopic (exact) mass is 324 g/mol. The van der Waals surface area contributed by atoms with Gasteiger partial charge in [0.25, 0.3) is 0 Å². The maximum atomic E-state index is 9.93. The molecule has 0 aliphatic carbocycles. The molecule has 0 amide bonds. The topological polar surface area (TPSA) is 53.5 Å². The smallest absolute Gasteiger partial charge is 0.175 e. The third kappa shape index (κ3) is 3.35. The molecule has 3 aromatic rings. The van der Waals surface area contributed by atoms with Crippen molar-refractivity contribution in [2.45, 2.75) is 0 Å². The van der Waals surface area contributed by atoms with E-state index in [0.29, 0.717) is 5.11 Å². The van der Waals surface area contributed by atoms with Gasteiger partial charge in [-0.15, -0.1) is 0 Å². The minimum absolute atomic E-state index is 0.248. The Kier molecular flexibility index (Phi) is 4.30. The van der Waals surface area contributed by atoms with E-state index in [2.05, 4.69) is 10.6 Å². The number of fused-ring (bicyclic) bond motifs is 1. The average Bonchev–Trinajstić information content (AvgIpc) is 2.56. The van der Waals surface area contributed by atoms with Gasteiger partial charge in [0.15, 0.2) is 5.11 Å². The molecule has 3 aromatic carbocycles. The largest absolute Gasteiger partial charge is 0.507 e. The Labute approximate surface area is 139 Å². The molecule has 0 atom stereocenters. The van der Waals surface area contributed by atoms with Crippen molar-refractivity contribution >= 4 is 39.5 Å². The molecule has 0 aromatic heterocycles. The number of rotatable bonds is 3. The first-order chi connectivity index (χ1) is 11.2. The number of hydrogen-bond acceptors (Lipinski definition) is 3. The number of aromatic hydroxyl groups is 1. The summed E-state index contributed by atoms with van der Waals surface area (Å²) in [5, 5.41) is 18.4. The Morgan fingerprint density at radius 3 is 2.52 bits per heavy atom. The summed E-state index contributed by atoms with van der Waals surface area (Å²) in [6.45, 7) is 0. The minimum atomic E-state index is 0.248. The van der Waals surface area contributed by atoms with Crippen molar-refractivity contribution in [1.29, 1.82) is 0 Å². The van der Waals surface area contributed by atoms with Crippen LogP contribution in [0.2, 0.25) is 0 Å². The molecule has 0 saturated carbocycles. The van der Waals surface area contributed by atoms with Crippen molar-refractivity contribution in [3.05, 3.63) is 60.7 Å². The van der Waals surface area contributed by atoms with Crippen LogP contribution in [0.4, 0.5) is 11.4 Å². The van der Waals surface area contributed by atoms with Gasteiger partial charge in [-0.25, -0.2) is 0 Å². The normalized spacial score (nSPS) is 10.3. The van der Waals surface area contributed by atoms with Crippen molar-refractivity contribution in [2.75, 3.05) is 17.7 Å². The van der Waals surface area contributed by atoms with Gasteiger partial charge in [0.2, 0.25) is 0 Å². The lowest BCUT2D eigenvalue weighted by molar-refractivity contribution is 0.415. The van der Waals surface area contributed by atoms with Gasteiger partial charge in [0.05, 0.1) is 7.11 Å². The lowest BCUT2D eigenvalue weighted by Crippen LogP contribution is -2.19. The predicted molar refractivity (Wildman–Crippen MR) is 98.5 cm³/mol. The molecule has 0 unspecified atom stereocenters. The van der Waals surface area contributed by atoms with Crippen LogP contribution in [0.25, 0.3) is 10.8 Å². The highest BCUT2D eigenvalue weighted by molar-refractivity contribution is 7.80. The van der Waals surface area contributed by atoms with Crippen molar-refractivity contribution in [3.8, 4) is 11.5 Å². The van der Waals surface area contributed by atoms with Crippen molar-refractivity contribution < 1.29 is 9.84 Å². The van der Waals surface area contributed by atoms with Crippen LogP contribution in [0.1, 0.15) is 0 Å². The fraction of sp³-hybridized carbons (Fsp3) is 0.0556. The average molecular weight is 324 g/mol. The molecule has 0 heterocycles. The molecule has 0 bridgehead atoms. The molecular weight excluding hydrogens is 308 g/mol. The van der Waals surface area contributed by atoms with Crippen LogP contribution < -0.4 is 15.4 Å². The van der Waals surface area contributed by atoms with Gasteiger partial charge >= 0.3 is 0 Å². The summed E-state index contributed by atoms with van der Waals surface area (Å²) in [5.41, 5.74) is 1.67. The number of ether oxygens (including phenoxy) is 1. The van der Waals surface area contributed by atoms with Crippen LogP contribution in [0.3, 0.4) is 0 Å². The quantitative estimate of drug-likeness (QED) is 0.625. The second kappa shape index (κ2) is 6.54. The van der Waals surface area contributed by atoms with Gasteiger partial charge in [-0.3, -0.25) is 0 Å². The molecule has 5 heteroatoms. The molecule has 0 radical (unpaired) electrons. The first-order valence-corrected chi connectivity index (χ1v) is 7.51. The van der Waals surface area contributed by atoms with Crippen LogP contribution in [-0.2, 0) is 0 Å². The standard InChI is InChI=1S/C18H16N2O2S/c1-22-13-6-2-5-12(11-13)19-18(23)20-16-9-3-8-15-14(16)7-4-10-17(15)21/h2-11,21H,1H3,(H2,19,20,23). The van der Waals surface area contributed by atoms with Gasteiger partial charge in [0, 0.05) is 28.2 Å². The zero-order valence-corrected chi connectivity index (χ0v) is 13.4. The summed E-state index contributed by atoms with van der Waals surface area (Å²) in [4.78, 5) is 0. The third-order valence-electron chi connectivity index (χ3n) is 3.47. The first-order valence-electron chi connectivity index (χ1n) is 7.10. The fourth-order valence-electron chi connectivity index (χ4n) is 2.39. The summed E-state index contributed by atoms with van der Waals surface area (Å²) >= 11 is 5.37. The summed E-state index contributed by atoms with van der Waals surface area (Å²) in [6, 6.07) is 18.6. The van der Waals surface area contributed by atoms with Gasteiger partial charge in [-0.2, -0.15) is 0 Å². The lowest BCUT2D eigenvalue weighted by Gasteiger charge is -2.13. The molecule has 0 fully saturated rings. The molecule has 0 spiro atoms. The second-order valence-corrected chi connectivity index (χ2v) is 5.40. The molecule has 116 valence electrons. The van der Waals surface area contributed by atoms with Gasteiger partial charge < -0.3 is 20.5 Å². The Bertz CT molecular complexity index is 865. The predicted octanol–water partition coefficient (Wildman–Crippen LogP) is 4.36. The van der Waals surface area contributed by atoms with E-state index in [1.54, 1.807) is 19.2 Å². The second-order valence-electron chi connectivity index (χ2n) is 4.99. The number of thiocarbonyl (C=S) groups is 1. The number of phenols is 1. The fourth-order valence-corrected chi connectivity index (χ4v) is 2.62. The van der Waals surface area contributed by atoms with Gasteiger partial charge in [-0.1, -0.05) is 30.3 Å². The lowest BCUT2D eigenvalue weighted by atomic mass is 10.1. The Hall–Kier alpha value is -2.79. The van der Waals surface area contributed by atoms with E-state index in [-0.39, 0.29) is 5.75 Å². The summed E-state index contributed by atoms with van der Waals surface area (Å²) in [6.07, 6.45) is 0. The first kappa shape index (κ1) is 15.1. The van der Waals surface area contributed by atoms with Crippen LogP contribution in [0.5, 0.6) is 11.5 Å². The number of methoxy groups -OCH3 is 1. The van der Waals surface area contributed by atoms with E-state index in [0.717, 1.165) is 27.9 Å². The van der Waals surface area contributed by atoms with Crippen LogP contribution in [-0.4, -0.2) is 17.3 Å². The Morgan fingerprint density at radius 1 is 0.957 bits per heavy atom. The van der Waals surface area contributed by atoms with Crippen LogP contribution in [0.15, 0.2) is 60.7 Å². The number of hydrogen-bond donors (Lipinski definition) is 3. The molecule has 0 aliphatic rings. The molecule has 4 nitrogen and oxygen atoms in total. The van der Waals surface area contributed by atoms with Crippen molar-refractivity contribution in [3.63, 3.8) is 0 Å². The van der Waals surface area contributed by atoms with Gasteiger partial charge in [-0.05, 0) is 36.5 Å². The molecule has 23 heavy (non-hydrogen) atoms. The highest BCUT2D eigenvalue weighted by atomic mass is 32.1. The summed E-state index contributed by atoms with van der Waals surface area (Å²) in [7, 11) is 1.62. The number of anilines is 2. The van der Waals surface area contributed by atoms with E-state index >= 15 is 0 Å². The van der Waals surface area contributed by atoms with Gasteiger partial charge in [0.1, 0.15) is 11.5 Å². The highest BCUT2D eigenvalue weighted by Crippen LogP contribution is 2.29. The van der Waals surface area contributed by atoms with Crippen molar-refractivity contribution in [1.82, 2.24) is 0 Å². The summed E-state index contributed by atoms with van der Waals surface area (Å²) in [5.74, 6) is 1.01. The third-order valence-corrected chi connectivity index (χ3v) is 3.68. The Balaban J connectivity index is 1.82. The molecule has 3 rings (SSSR count). The molecule has 0 saturated heterocycles. The maximum absolute atomic E-state index is 9.93. The van der Waals surface area contributed by atoms with E-state index in [9.17, 15) is 5.11 Å². The molecular formula is C18H16N2O2S. The number of nitrogens with one attached hydrogen (secondary N) is 2. The van der Waals surface area contributed by atoms with Crippen LogP contribution in [0, 0.1) is 0 Å². The highest BCUT2D eigenvalue weighted by Gasteiger charge is 2.06. The van der Waals surface area contributed by atoms with Crippen LogP contribution >= 0.6 is 12.2 Å². The maximum Gasteiger partial charge on any atom is 0.175 e. The number of phenolic OH excluding ortho intramolecular Hbond substituents is 1. The zero-order valence-electron chi connectivity index (χ0n) is 12.5. The molecule has 3 N–H and O–H groups in total. The molecule has 0 aliphatic heterocycles. The van der Waals surface area contributed by atoms with E-state index < -0.39 is 0 Å². The minimum Gasteiger partial charge on any atom is -0.507 e.